The second-order valence-corrected chi connectivity index (χ2v) is 5.94. The maximum Gasteiger partial charge on any atom is 0.433 e. The standard InChI is InChI=1S/C16H19F3N4O/c1-11-13(12(2)24-21-11)10-22-6-8-23(9-7-22)15-5-3-4-14(20-15)16(17,18)19/h3-5H,6-10H2,1-2H3. The van der Waals surface area contributed by atoms with E-state index < -0.39 is 11.9 Å². The highest BCUT2D eigenvalue weighted by molar-refractivity contribution is 5.40. The number of nitrogens with zero attached hydrogens (tertiary/aromatic N) is 4. The van der Waals surface area contributed by atoms with E-state index in [-0.39, 0.29) is 0 Å². The Morgan fingerprint density at radius 3 is 2.42 bits per heavy atom. The highest BCUT2D eigenvalue weighted by atomic mass is 19.4. The minimum absolute atomic E-state index is 0.377. The first-order chi connectivity index (χ1) is 11.3. The highest BCUT2D eigenvalue weighted by Gasteiger charge is 2.33. The van der Waals surface area contributed by atoms with Crippen LogP contribution in [0, 0.1) is 13.8 Å². The molecule has 24 heavy (non-hydrogen) atoms. The molecule has 0 saturated carbocycles. The van der Waals surface area contributed by atoms with Gasteiger partial charge in [0.2, 0.25) is 0 Å². The summed E-state index contributed by atoms with van der Waals surface area (Å²) in [5.41, 5.74) is 1.12. The number of hydrogen-bond acceptors (Lipinski definition) is 5. The van der Waals surface area contributed by atoms with Gasteiger partial charge < -0.3 is 9.42 Å². The molecule has 3 rings (SSSR count). The summed E-state index contributed by atoms with van der Waals surface area (Å²) in [6, 6.07) is 4.03. The molecule has 5 nitrogen and oxygen atoms in total. The third-order valence-electron chi connectivity index (χ3n) is 4.28. The van der Waals surface area contributed by atoms with Crippen LogP contribution in [0.15, 0.2) is 22.7 Å². The summed E-state index contributed by atoms with van der Waals surface area (Å²) in [5, 5.41) is 3.95. The lowest BCUT2D eigenvalue weighted by Crippen LogP contribution is -2.46. The molecule has 3 heterocycles. The Kier molecular flexibility index (Phi) is 4.49. The first-order valence-corrected chi connectivity index (χ1v) is 7.78. The summed E-state index contributed by atoms with van der Waals surface area (Å²) < 4.78 is 43.5. The summed E-state index contributed by atoms with van der Waals surface area (Å²) in [5.74, 6) is 1.19. The van der Waals surface area contributed by atoms with E-state index >= 15 is 0 Å². The molecule has 2 aromatic rings. The zero-order valence-electron chi connectivity index (χ0n) is 13.6. The van der Waals surface area contributed by atoms with Crippen LogP contribution in [0.2, 0.25) is 0 Å². The monoisotopic (exact) mass is 340 g/mol. The fraction of sp³-hybridized carbons (Fsp3) is 0.500. The fourth-order valence-corrected chi connectivity index (χ4v) is 2.84. The van der Waals surface area contributed by atoms with Crippen LogP contribution in [0.1, 0.15) is 22.7 Å². The van der Waals surface area contributed by atoms with Gasteiger partial charge in [-0.15, -0.1) is 0 Å². The van der Waals surface area contributed by atoms with Crippen molar-refractivity contribution in [3.05, 3.63) is 40.9 Å². The number of piperazine rings is 1. The van der Waals surface area contributed by atoms with Gasteiger partial charge in [0.1, 0.15) is 17.3 Å². The van der Waals surface area contributed by atoms with Crippen molar-refractivity contribution in [3.63, 3.8) is 0 Å². The zero-order valence-corrected chi connectivity index (χ0v) is 13.6. The van der Waals surface area contributed by atoms with E-state index in [0.717, 1.165) is 42.7 Å². The van der Waals surface area contributed by atoms with Crippen LogP contribution in [0.3, 0.4) is 0 Å². The average Bonchev–Trinajstić information content (AvgIpc) is 2.87. The maximum atomic E-state index is 12.8. The minimum atomic E-state index is -4.42. The van der Waals surface area contributed by atoms with Gasteiger partial charge in [-0.3, -0.25) is 4.90 Å². The largest absolute Gasteiger partial charge is 0.433 e. The van der Waals surface area contributed by atoms with Gasteiger partial charge in [-0.05, 0) is 26.0 Å². The van der Waals surface area contributed by atoms with Gasteiger partial charge in [0.05, 0.1) is 5.69 Å². The summed E-state index contributed by atoms with van der Waals surface area (Å²) in [6.45, 7) is 7.32. The van der Waals surface area contributed by atoms with Crippen molar-refractivity contribution >= 4 is 5.82 Å². The molecule has 0 aromatic carbocycles. The van der Waals surface area contributed by atoms with Gasteiger partial charge in [-0.1, -0.05) is 11.2 Å². The van der Waals surface area contributed by atoms with E-state index in [0.29, 0.717) is 18.9 Å². The van der Waals surface area contributed by atoms with E-state index in [1.807, 2.05) is 18.7 Å². The van der Waals surface area contributed by atoms with Gasteiger partial charge in [-0.25, -0.2) is 4.98 Å². The number of hydrogen-bond donors (Lipinski definition) is 0. The predicted octanol–water partition coefficient (Wildman–Crippen LogP) is 3.03. The molecule has 0 N–H and O–H groups in total. The second kappa shape index (κ2) is 6.43. The number of aryl methyl sites for hydroxylation is 2. The molecule has 0 bridgehead atoms. The Hall–Kier alpha value is -2.09. The molecular formula is C16H19F3N4O. The molecule has 1 aliphatic heterocycles. The van der Waals surface area contributed by atoms with Crippen molar-refractivity contribution < 1.29 is 17.7 Å². The van der Waals surface area contributed by atoms with E-state index in [2.05, 4.69) is 15.0 Å². The quantitative estimate of drug-likeness (QED) is 0.859. The van der Waals surface area contributed by atoms with E-state index in [9.17, 15) is 13.2 Å². The van der Waals surface area contributed by atoms with Gasteiger partial charge >= 0.3 is 6.18 Å². The Morgan fingerprint density at radius 1 is 1.12 bits per heavy atom. The van der Waals surface area contributed by atoms with Crippen LogP contribution in [0.5, 0.6) is 0 Å². The molecule has 130 valence electrons. The van der Waals surface area contributed by atoms with Crippen molar-refractivity contribution in [1.29, 1.82) is 0 Å². The zero-order chi connectivity index (χ0) is 17.3. The molecule has 0 aliphatic carbocycles. The molecule has 1 aliphatic rings. The van der Waals surface area contributed by atoms with Crippen LogP contribution in [0.4, 0.5) is 19.0 Å². The molecule has 0 radical (unpaired) electrons. The number of pyridine rings is 1. The first kappa shape index (κ1) is 16.8. The summed E-state index contributed by atoms with van der Waals surface area (Å²) in [4.78, 5) is 7.89. The van der Waals surface area contributed by atoms with E-state index in [1.165, 1.54) is 6.07 Å². The molecule has 0 atom stereocenters. The lowest BCUT2D eigenvalue weighted by atomic mass is 10.2. The van der Waals surface area contributed by atoms with Crippen LogP contribution >= 0.6 is 0 Å². The van der Waals surface area contributed by atoms with Crippen LogP contribution in [-0.4, -0.2) is 41.2 Å². The number of halogens is 3. The number of anilines is 1. The third-order valence-corrected chi connectivity index (χ3v) is 4.28. The van der Waals surface area contributed by atoms with Crippen LogP contribution < -0.4 is 4.90 Å². The lowest BCUT2D eigenvalue weighted by Gasteiger charge is -2.35. The van der Waals surface area contributed by atoms with E-state index in [1.54, 1.807) is 6.07 Å². The van der Waals surface area contributed by atoms with Gasteiger partial charge in [0, 0.05) is 38.3 Å². The molecule has 1 saturated heterocycles. The second-order valence-electron chi connectivity index (χ2n) is 5.94. The smallest absolute Gasteiger partial charge is 0.361 e. The maximum absolute atomic E-state index is 12.8. The number of aromatic nitrogens is 2. The van der Waals surface area contributed by atoms with Gasteiger partial charge in [0.15, 0.2) is 0 Å². The Bertz CT molecular complexity index is 686. The Balaban J connectivity index is 1.63. The predicted molar refractivity (Wildman–Crippen MR) is 82.7 cm³/mol. The molecule has 1 fully saturated rings. The Labute approximate surface area is 138 Å². The van der Waals surface area contributed by atoms with Crippen molar-refractivity contribution in [2.24, 2.45) is 0 Å². The SMILES string of the molecule is Cc1noc(C)c1CN1CCN(c2cccc(C(F)(F)F)n2)CC1. The van der Waals surface area contributed by atoms with Crippen molar-refractivity contribution in [3.8, 4) is 0 Å². The molecular weight excluding hydrogens is 321 g/mol. The molecule has 2 aromatic heterocycles. The highest BCUT2D eigenvalue weighted by Crippen LogP contribution is 2.29. The van der Waals surface area contributed by atoms with Gasteiger partial charge in [0.25, 0.3) is 0 Å². The van der Waals surface area contributed by atoms with E-state index in [4.69, 9.17) is 4.52 Å². The first-order valence-electron chi connectivity index (χ1n) is 7.78. The van der Waals surface area contributed by atoms with Crippen molar-refractivity contribution in [1.82, 2.24) is 15.0 Å². The molecule has 8 heteroatoms. The van der Waals surface area contributed by atoms with Crippen molar-refractivity contribution in [2.75, 3.05) is 31.1 Å². The van der Waals surface area contributed by atoms with Crippen molar-refractivity contribution in [2.45, 2.75) is 26.6 Å². The summed E-state index contributed by atoms with van der Waals surface area (Å²) >= 11 is 0. The van der Waals surface area contributed by atoms with Crippen LogP contribution in [-0.2, 0) is 12.7 Å². The van der Waals surface area contributed by atoms with Gasteiger partial charge in [-0.2, -0.15) is 13.2 Å². The molecule has 0 unspecified atom stereocenters. The average molecular weight is 340 g/mol. The lowest BCUT2D eigenvalue weighted by molar-refractivity contribution is -0.141. The normalized spacial score (nSPS) is 16.6. The number of rotatable bonds is 3. The molecule has 0 spiro atoms. The fourth-order valence-electron chi connectivity index (χ4n) is 2.84. The summed E-state index contributed by atoms with van der Waals surface area (Å²) in [7, 11) is 0. The molecule has 0 amide bonds. The topological polar surface area (TPSA) is 45.4 Å². The van der Waals surface area contributed by atoms with Crippen LogP contribution in [0.25, 0.3) is 0 Å². The Morgan fingerprint density at radius 2 is 1.83 bits per heavy atom. The minimum Gasteiger partial charge on any atom is -0.361 e. The third kappa shape index (κ3) is 3.53. The number of alkyl halides is 3. The summed E-state index contributed by atoms with van der Waals surface area (Å²) in [6.07, 6.45) is -4.42.